The lowest BCUT2D eigenvalue weighted by Crippen LogP contribution is -2.09. The molecule has 0 bridgehead atoms. The van der Waals surface area contributed by atoms with Gasteiger partial charge in [0.05, 0.1) is 6.54 Å². The van der Waals surface area contributed by atoms with E-state index in [0.29, 0.717) is 6.54 Å². The first-order valence-corrected chi connectivity index (χ1v) is 4.29. The Kier molecular flexibility index (Phi) is 2.13. The van der Waals surface area contributed by atoms with Gasteiger partial charge < -0.3 is 4.74 Å². The predicted octanol–water partition coefficient (Wildman–Crippen LogP) is 2.02. The van der Waals surface area contributed by atoms with Gasteiger partial charge in [-0.2, -0.15) is 0 Å². The summed E-state index contributed by atoms with van der Waals surface area (Å²) < 4.78 is 5.53. The molecule has 0 aliphatic carbocycles. The monoisotopic (exact) mass is 173 g/mol. The van der Waals surface area contributed by atoms with Gasteiger partial charge in [0.15, 0.2) is 0 Å². The van der Waals surface area contributed by atoms with Gasteiger partial charge in [-0.1, -0.05) is 24.8 Å². The normalized spacial score (nSPS) is 20.6. The van der Waals surface area contributed by atoms with Crippen molar-refractivity contribution in [2.75, 3.05) is 6.54 Å². The Labute approximate surface area is 77.6 Å². The molecule has 2 rings (SSSR count). The first-order chi connectivity index (χ1) is 6.40. The van der Waals surface area contributed by atoms with E-state index in [1.807, 2.05) is 30.3 Å². The molecule has 1 aliphatic heterocycles. The Morgan fingerprint density at radius 1 is 1.38 bits per heavy atom. The zero-order chi connectivity index (χ0) is 9.10. The van der Waals surface area contributed by atoms with Crippen LogP contribution in [0.4, 0.5) is 0 Å². The molecule has 0 radical (unpaired) electrons. The average Bonchev–Trinajstić information content (AvgIpc) is 2.67. The van der Waals surface area contributed by atoms with E-state index in [1.54, 1.807) is 6.08 Å². The highest BCUT2D eigenvalue weighted by Crippen LogP contribution is 2.12. The molecule has 66 valence electrons. The van der Waals surface area contributed by atoms with Crippen LogP contribution in [0.5, 0.6) is 0 Å². The Hall–Kier alpha value is -1.57. The largest absolute Gasteiger partial charge is 0.468 e. The summed E-state index contributed by atoms with van der Waals surface area (Å²) in [6.07, 6.45) is 1.83. The van der Waals surface area contributed by atoms with Crippen molar-refractivity contribution in [2.45, 2.75) is 6.10 Å². The third-order valence-corrected chi connectivity index (χ3v) is 1.96. The standard InChI is InChI=1S/C11H11NO/c1-2-10-8-12-11(13-10)9-6-4-3-5-7-9/h2-7,10H,1,8H2. The van der Waals surface area contributed by atoms with Crippen molar-refractivity contribution >= 4 is 5.90 Å². The predicted molar refractivity (Wildman–Crippen MR) is 52.9 cm³/mol. The molecule has 0 N–H and O–H groups in total. The molecule has 2 nitrogen and oxygen atoms in total. The average molecular weight is 173 g/mol. The highest BCUT2D eigenvalue weighted by molar-refractivity contribution is 5.95. The lowest BCUT2D eigenvalue weighted by atomic mass is 10.2. The van der Waals surface area contributed by atoms with Crippen LogP contribution in [0.1, 0.15) is 5.56 Å². The first kappa shape index (κ1) is 8.05. The van der Waals surface area contributed by atoms with Gasteiger partial charge in [0.1, 0.15) is 6.10 Å². The fourth-order valence-corrected chi connectivity index (χ4v) is 1.25. The highest BCUT2D eigenvalue weighted by Gasteiger charge is 2.17. The minimum atomic E-state index is 0.0511. The van der Waals surface area contributed by atoms with Gasteiger partial charge >= 0.3 is 0 Å². The lowest BCUT2D eigenvalue weighted by molar-refractivity contribution is 0.275. The maximum atomic E-state index is 5.53. The van der Waals surface area contributed by atoms with Crippen LogP contribution in [0.15, 0.2) is 48.0 Å². The van der Waals surface area contributed by atoms with Crippen molar-refractivity contribution < 1.29 is 4.74 Å². The molecule has 1 atom stereocenters. The van der Waals surface area contributed by atoms with E-state index < -0.39 is 0 Å². The summed E-state index contributed by atoms with van der Waals surface area (Å²) in [6, 6.07) is 9.91. The van der Waals surface area contributed by atoms with Gasteiger partial charge in [0.25, 0.3) is 0 Å². The van der Waals surface area contributed by atoms with E-state index in [0.717, 1.165) is 11.5 Å². The molecule has 1 heterocycles. The van der Waals surface area contributed by atoms with Crippen molar-refractivity contribution in [3.05, 3.63) is 48.6 Å². The quantitative estimate of drug-likeness (QED) is 0.627. The van der Waals surface area contributed by atoms with E-state index in [2.05, 4.69) is 11.6 Å². The minimum Gasteiger partial charge on any atom is -0.468 e. The third kappa shape index (κ3) is 1.61. The topological polar surface area (TPSA) is 21.6 Å². The number of nitrogens with zero attached hydrogens (tertiary/aromatic N) is 1. The molecule has 2 heteroatoms. The van der Waals surface area contributed by atoms with Crippen molar-refractivity contribution in [1.82, 2.24) is 0 Å². The Bertz CT molecular complexity index is 329. The van der Waals surface area contributed by atoms with Gasteiger partial charge in [-0.25, -0.2) is 4.99 Å². The maximum Gasteiger partial charge on any atom is 0.216 e. The summed E-state index contributed by atoms with van der Waals surface area (Å²) in [5.41, 5.74) is 1.03. The van der Waals surface area contributed by atoms with Crippen LogP contribution >= 0.6 is 0 Å². The zero-order valence-electron chi connectivity index (χ0n) is 7.31. The third-order valence-electron chi connectivity index (χ3n) is 1.96. The molecular weight excluding hydrogens is 162 g/mol. The molecule has 1 aliphatic rings. The van der Waals surface area contributed by atoms with Crippen molar-refractivity contribution in [1.29, 1.82) is 0 Å². The molecule has 0 saturated heterocycles. The molecule has 0 spiro atoms. The van der Waals surface area contributed by atoms with E-state index in [1.165, 1.54) is 0 Å². The van der Waals surface area contributed by atoms with E-state index in [4.69, 9.17) is 4.74 Å². The molecule has 0 saturated carbocycles. The summed E-state index contributed by atoms with van der Waals surface area (Å²) in [6.45, 7) is 4.36. The molecule has 0 amide bonds. The first-order valence-electron chi connectivity index (χ1n) is 4.29. The van der Waals surface area contributed by atoms with Gasteiger partial charge in [-0.3, -0.25) is 0 Å². The zero-order valence-corrected chi connectivity index (χ0v) is 7.31. The fourth-order valence-electron chi connectivity index (χ4n) is 1.25. The van der Waals surface area contributed by atoms with E-state index >= 15 is 0 Å². The van der Waals surface area contributed by atoms with Crippen LogP contribution in [0.25, 0.3) is 0 Å². The summed E-state index contributed by atoms with van der Waals surface area (Å²) in [4.78, 5) is 4.28. The van der Waals surface area contributed by atoms with Gasteiger partial charge in [-0.05, 0) is 18.2 Å². The van der Waals surface area contributed by atoms with Gasteiger partial charge in [-0.15, -0.1) is 0 Å². The summed E-state index contributed by atoms with van der Waals surface area (Å²) in [5, 5.41) is 0. The van der Waals surface area contributed by atoms with Gasteiger partial charge in [0, 0.05) is 5.56 Å². The molecule has 1 aromatic rings. The summed E-state index contributed by atoms with van der Waals surface area (Å²) in [7, 11) is 0. The smallest absolute Gasteiger partial charge is 0.216 e. The number of benzene rings is 1. The summed E-state index contributed by atoms with van der Waals surface area (Å²) in [5.74, 6) is 0.727. The molecule has 0 aromatic heterocycles. The van der Waals surface area contributed by atoms with Crippen LogP contribution in [0.3, 0.4) is 0 Å². The van der Waals surface area contributed by atoms with Crippen LogP contribution in [-0.4, -0.2) is 18.5 Å². The Morgan fingerprint density at radius 3 is 2.77 bits per heavy atom. The van der Waals surface area contributed by atoms with E-state index in [-0.39, 0.29) is 6.10 Å². The van der Waals surface area contributed by atoms with Crippen LogP contribution in [0, 0.1) is 0 Å². The SMILES string of the molecule is C=CC1CN=C(c2ccccc2)O1. The number of aliphatic imine (C=N–C) groups is 1. The van der Waals surface area contributed by atoms with Crippen LogP contribution in [-0.2, 0) is 4.74 Å². The molecule has 0 fully saturated rings. The van der Waals surface area contributed by atoms with E-state index in [9.17, 15) is 0 Å². The minimum absolute atomic E-state index is 0.0511. The van der Waals surface area contributed by atoms with Crippen molar-refractivity contribution in [2.24, 2.45) is 4.99 Å². The Morgan fingerprint density at radius 2 is 2.15 bits per heavy atom. The van der Waals surface area contributed by atoms with Crippen molar-refractivity contribution in [3.8, 4) is 0 Å². The lowest BCUT2D eigenvalue weighted by Gasteiger charge is -2.05. The highest BCUT2D eigenvalue weighted by atomic mass is 16.5. The number of hydrogen-bond donors (Lipinski definition) is 0. The van der Waals surface area contributed by atoms with Crippen LogP contribution < -0.4 is 0 Å². The molecular formula is C11H11NO. The molecule has 1 aromatic carbocycles. The molecule has 1 unspecified atom stereocenters. The number of rotatable bonds is 2. The van der Waals surface area contributed by atoms with Crippen molar-refractivity contribution in [3.63, 3.8) is 0 Å². The second-order valence-electron chi connectivity index (χ2n) is 2.90. The van der Waals surface area contributed by atoms with Crippen LogP contribution in [0.2, 0.25) is 0 Å². The maximum absolute atomic E-state index is 5.53. The second kappa shape index (κ2) is 3.44. The number of hydrogen-bond acceptors (Lipinski definition) is 2. The number of ether oxygens (including phenoxy) is 1. The molecule has 13 heavy (non-hydrogen) atoms. The van der Waals surface area contributed by atoms with Gasteiger partial charge in [0.2, 0.25) is 5.90 Å². The summed E-state index contributed by atoms with van der Waals surface area (Å²) >= 11 is 0. The fraction of sp³-hybridized carbons (Fsp3) is 0.182. The second-order valence-corrected chi connectivity index (χ2v) is 2.90. The Balaban J connectivity index is 2.17.